The summed E-state index contributed by atoms with van der Waals surface area (Å²) in [5, 5.41) is 3.06. The molecule has 140 valence electrons. The molecule has 0 aliphatic carbocycles. The van der Waals surface area contributed by atoms with E-state index < -0.39 is 5.82 Å². The fraction of sp³-hybridized carbons (Fsp3) is 0.238. The summed E-state index contributed by atoms with van der Waals surface area (Å²) < 4.78 is 18.4. The fourth-order valence-electron chi connectivity index (χ4n) is 2.93. The fourth-order valence-corrected chi connectivity index (χ4v) is 2.93. The number of nitrogens with zero attached hydrogens (tertiary/aromatic N) is 1. The van der Waals surface area contributed by atoms with Gasteiger partial charge in [-0.25, -0.2) is 4.39 Å². The third-order valence-electron chi connectivity index (χ3n) is 4.21. The number of carbonyl (C=O) groups excluding carboxylic acids is 2. The van der Waals surface area contributed by atoms with Gasteiger partial charge in [0.05, 0.1) is 12.7 Å². The summed E-state index contributed by atoms with van der Waals surface area (Å²) >= 11 is 0. The predicted octanol–water partition coefficient (Wildman–Crippen LogP) is 3.68. The summed E-state index contributed by atoms with van der Waals surface area (Å²) in [6.07, 6.45) is 0. The highest BCUT2D eigenvalue weighted by Gasteiger charge is 2.39. The number of carbonyl (C=O) groups is 2. The van der Waals surface area contributed by atoms with Gasteiger partial charge in [-0.05, 0) is 47.9 Å². The number of ether oxygens (including phenoxy) is 1. The van der Waals surface area contributed by atoms with Crippen molar-refractivity contribution in [2.24, 2.45) is 5.92 Å². The van der Waals surface area contributed by atoms with Crippen LogP contribution in [0.1, 0.15) is 19.4 Å². The number of amides is 2. The summed E-state index contributed by atoms with van der Waals surface area (Å²) in [5.74, 6) is -0.351. The maximum absolute atomic E-state index is 13.3. The summed E-state index contributed by atoms with van der Waals surface area (Å²) in [7, 11) is 1.57. The highest BCUT2D eigenvalue weighted by molar-refractivity contribution is 6.36. The van der Waals surface area contributed by atoms with Crippen LogP contribution in [0.15, 0.2) is 54.2 Å². The van der Waals surface area contributed by atoms with E-state index >= 15 is 0 Å². The molecule has 0 saturated heterocycles. The molecule has 0 saturated carbocycles. The first-order valence-corrected chi connectivity index (χ1v) is 8.68. The predicted molar refractivity (Wildman–Crippen MR) is 101 cm³/mol. The maximum Gasteiger partial charge on any atom is 0.278 e. The highest BCUT2D eigenvalue weighted by Crippen LogP contribution is 2.31. The van der Waals surface area contributed by atoms with E-state index in [1.807, 2.05) is 13.8 Å². The number of imide groups is 1. The highest BCUT2D eigenvalue weighted by atomic mass is 19.1. The lowest BCUT2D eigenvalue weighted by Gasteiger charge is -2.17. The van der Waals surface area contributed by atoms with Crippen molar-refractivity contribution < 1.29 is 18.7 Å². The van der Waals surface area contributed by atoms with Crippen molar-refractivity contribution in [2.75, 3.05) is 19.0 Å². The van der Waals surface area contributed by atoms with Gasteiger partial charge in [0.2, 0.25) is 0 Å². The van der Waals surface area contributed by atoms with Crippen molar-refractivity contribution in [1.82, 2.24) is 4.90 Å². The summed E-state index contributed by atoms with van der Waals surface area (Å²) in [6.45, 7) is 4.19. The third kappa shape index (κ3) is 3.84. The van der Waals surface area contributed by atoms with Gasteiger partial charge in [0.1, 0.15) is 17.3 Å². The lowest BCUT2D eigenvalue weighted by Crippen LogP contribution is -2.35. The minimum absolute atomic E-state index is 0.132. The molecule has 6 heteroatoms. The van der Waals surface area contributed by atoms with E-state index in [9.17, 15) is 14.0 Å². The number of rotatable bonds is 6. The van der Waals surface area contributed by atoms with E-state index in [0.717, 1.165) is 0 Å². The second-order valence-corrected chi connectivity index (χ2v) is 6.73. The molecule has 0 atom stereocenters. The summed E-state index contributed by atoms with van der Waals surface area (Å²) in [6, 6.07) is 12.6. The summed E-state index contributed by atoms with van der Waals surface area (Å²) in [4.78, 5) is 27.1. The van der Waals surface area contributed by atoms with Crippen LogP contribution in [-0.4, -0.2) is 30.4 Å². The molecule has 1 aliphatic heterocycles. The van der Waals surface area contributed by atoms with Crippen molar-refractivity contribution in [2.45, 2.75) is 13.8 Å². The van der Waals surface area contributed by atoms with Gasteiger partial charge in [-0.2, -0.15) is 0 Å². The van der Waals surface area contributed by atoms with Crippen LogP contribution in [0.25, 0.3) is 5.57 Å². The lowest BCUT2D eigenvalue weighted by molar-refractivity contribution is -0.137. The van der Waals surface area contributed by atoms with Crippen LogP contribution >= 0.6 is 0 Å². The minimum Gasteiger partial charge on any atom is -0.497 e. The van der Waals surface area contributed by atoms with Crippen molar-refractivity contribution >= 4 is 23.1 Å². The monoisotopic (exact) mass is 368 g/mol. The zero-order valence-corrected chi connectivity index (χ0v) is 15.5. The smallest absolute Gasteiger partial charge is 0.278 e. The molecule has 5 nitrogen and oxygen atoms in total. The van der Waals surface area contributed by atoms with Gasteiger partial charge in [-0.3, -0.25) is 14.5 Å². The van der Waals surface area contributed by atoms with Crippen LogP contribution in [0, 0.1) is 11.7 Å². The second kappa shape index (κ2) is 7.61. The van der Waals surface area contributed by atoms with Crippen molar-refractivity contribution in [3.63, 3.8) is 0 Å². The number of hydrogen-bond donors (Lipinski definition) is 1. The number of nitrogens with one attached hydrogen (secondary N) is 1. The van der Waals surface area contributed by atoms with Crippen LogP contribution in [0.5, 0.6) is 5.75 Å². The number of hydrogen-bond acceptors (Lipinski definition) is 4. The Morgan fingerprint density at radius 3 is 2.19 bits per heavy atom. The van der Waals surface area contributed by atoms with E-state index in [2.05, 4.69) is 5.32 Å². The Morgan fingerprint density at radius 2 is 1.63 bits per heavy atom. The van der Waals surface area contributed by atoms with Crippen molar-refractivity contribution in [3.8, 4) is 5.75 Å². The van der Waals surface area contributed by atoms with Gasteiger partial charge in [-0.15, -0.1) is 0 Å². The molecule has 1 N–H and O–H groups in total. The first-order chi connectivity index (χ1) is 12.9. The average Bonchev–Trinajstić information content (AvgIpc) is 2.87. The quantitative estimate of drug-likeness (QED) is 0.790. The van der Waals surface area contributed by atoms with E-state index in [0.29, 0.717) is 23.5 Å². The molecule has 0 bridgehead atoms. The normalized spacial score (nSPS) is 14.3. The van der Waals surface area contributed by atoms with E-state index in [-0.39, 0.29) is 29.0 Å². The molecule has 0 unspecified atom stereocenters. The Bertz CT molecular complexity index is 887. The van der Waals surface area contributed by atoms with Gasteiger partial charge in [0.25, 0.3) is 11.8 Å². The first-order valence-electron chi connectivity index (χ1n) is 8.68. The second-order valence-electron chi connectivity index (χ2n) is 6.73. The molecule has 1 heterocycles. The number of methoxy groups -OCH3 is 1. The molecule has 0 fully saturated rings. The van der Waals surface area contributed by atoms with E-state index in [1.165, 1.54) is 29.2 Å². The van der Waals surface area contributed by atoms with Gasteiger partial charge in [-0.1, -0.05) is 26.0 Å². The average molecular weight is 368 g/mol. The molecule has 3 rings (SSSR count). The summed E-state index contributed by atoms with van der Waals surface area (Å²) in [5.41, 5.74) is 1.59. The van der Waals surface area contributed by atoms with Gasteiger partial charge < -0.3 is 10.1 Å². The molecule has 2 aromatic rings. The molecule has 27 heavy (non-hydrogen) atoms. The molecule has 1 aliphatic rings. The first kappa shape index (κ1) is 18.6. The van der Waals surface area contributed by atoms with Crippen molar-refractivity contribution in [1.29, 1.82) is 0 Å². The van der Waals surface area contributed by atoms with Crippen LogP contribution in [-0.2, 0) is 9.59 Å². The van der Waals surface area contributed by atoms with E-state index in [1.54, 1.807) is 31.4 Å². The van der Waals surface area contributed by atoms with Gasteiger partial charge >= 0.3 is 0 Å². The molecule has 0 aromatic heterocycles. The van der Waals surface area contributed by atoms with Gasteiger partial charge in [0, 0.05) is 12.2 Å². The van der Waals surface area contributed by atoms with Gasteiger partial charge in [0.15, 0.2) is 0 Å². The standard InChI is InChI=1S/C21H21FN2O3/c1-13(2)12-24-20(25)18(14-4-6-15(22)7-5-14)19(21(24)26)23-16-8-10-17(27-3)11-9-16/h4-11,13,23H,12H2,1-3H3. The van der Waals surface area contributed by atoms with Crippen LogP contribution in [0.3, 0.4) is 0 Å². The minimum atomic E-state index is -0.403. The topological polar surface area (TPSA) is 58.6 Å². The number of halogens is 1. The molecular weight excluding hydrogens is 347 g/mol. The van der Waals surface area contributed by atoms with Crippen LogP contribution in [0.4, 0.5) is 10.1 Å². The molecular formula is C21H21FN2O3. The molecule has 0 radical (unpaired) electrons. The number of benzene rings is 2. The lowest BCUT2D eigenvalue weighted by atomic mass is 10.0. The zero-order chi connectivity index (χ0) is 19.6. The zero-order valence-electron chi connectivity index (χ0n) is 15.5. The molecule has 0 spiro atoms. The number of anilines is 1. The Kier molecular flexibility index (Phi) is 5.26. The Hall–Kier alpha value is -3.15. The van der Waals surface area contributed by atoms with Crippen LogP contribution < -0.4 is 10.1 Å². The molecule has 2 aromatic carbocycles. The Balaban J connectivity index is 2.02. The maximum atomic E-state index is 13.3. The van der Waals surface area contributed by atoms with E-state index in [4.69, 9.17) is 4.74 Å². The van der Waals surface area contributed by atoms with Crippen LogP contribution in [0.2, 0.25) is 0 Å². The third-order valence-corrected chi connectivity index (χ3v) is 4.21. The van der Waals surface area contributed by atoms with Crippen molar-refractivity contribution in [3.05, 3.63) is 65.6 Å². The molecule has 2 amide bonds. The Labute approximate surface area is 157 Å². The largest absolute Gasteiger partial charge is 0.497 e. The Morgan fingerprint density at radius 1 is 1.00 bits per heavy atom. The SMILES string of the molecule is COc1ccc(NC2=C(c3ccc(F)cc3)C(=O)N(CC(C)C)C2=O)cc1.